The summed E-state index contributed by atoms with van der Waals surface area (Å²) < 4.78 is 5.21. The van der Waals surface area contributed by atoms with E-state index in [1.54, 1.807) is 7.11 Å². The van der Waals surface area contributed by atoms with E-state index in [9.17, 15) is 4.79 Å². The van der Waals surface area contributed by atoms with Crippen molar-refractivity contribution in [1.82, 2.24) is 4.90 Å². The number of methoxy groups -OCH3 is 1. The molecule has 1 aliphatic heterocycles. The average Bonchev–Trinajstić information content (AvgIpc) is 2.48. The summed E-state index contributed by atoms with van der Waals surface area (Å²) in [6, 6.07) is 8.60. The minimum atomic E-state index is -0.681. The predicted molar refractivity (Wildman–Crippen MR) is 82.6 cm³/mol. The average molecular weight is 291 g/mol. The van der Waals surface area contributed by atoms with Crippen LogP contribution in [0.1, 0.15) is 44.2 Å². The van der Waals surface area contributed by atoms with Gasteiger partial charge in [0.15, 0.2) is 0 Å². The Morgan fingerprint density at radius 3 is 2.71 bits per heavy atom. The van der Waals surface area contributed by atoms with Gasteiger partial charge in [0.1, 0.15) is 5.75 Å². The Morgan fingerprint density at radius 1 is 1.43 bits per heavy atom. The lowest BCUT2D eigenvalue weighted by molar-refractivity contribution is -0.138. The molecule has 1 saturated heterocycles. The van der Waals surface area contributed by atoms with Crippen molar-refractivity contribution < 1.29 is 14.6 Å². The Bertz CT molecular complexity index is 458. The lowest BCUT2D eigenvalue weighted by Crippen LogP contribution is -2.38. The minimum Gasteiger partial charge on any atom is -0.497 e. The Labute approximate surface area is 126 Å². The van der Waals surface area contributed by atoms with Crippen LogP contribution in [-0.4, -0.2) is 36.2 Å². The van der Waals surface area contributed by atoms with Crippen molar-refractivity contribution >= 4 is 5.97 Å². The first-order valence-corrected chi connectivity index (χ1v) is 7.73. The van der Waals surface area contributed by atoms with Gasteiger partial charge in [0.25, 0.3) is 0 Å². The molecule has 2 rings (SSSR count). The highest BCUT2D eigenvalue weighted by molar-refractivity contribution is 5.67. The molecule has 2 unspecified atom stereocenters. The largest absolute Gasteiger partial charge is 0.497 e. The third kappa shape index (κ3) is 4.21. The fraction of sp³-hybridized carbons (Fsp3) is 0.588. The van der Waals surface area contributed by atoms with Crippen LogP contribution in [-0.2, 0) is 4.79 Å². The number of hydrogen-bond acceptors (Lipinski definition) is 3. The van der Waals surface area contributed by atoms with E-state index in [1.807, 2.05) is 12.1 Å². The number of piperidine rings is 1. The third-order valence-electron chi connectivity index (χ3n) is 4.34. The normalized spacial score (nSPS) is 21.0. The topological polar surface area (TPSA) is 49.8 Å². The van der Waals surface area contributed by atoms with Crippen LogP contribution in [0.5, 0.6) is 5.75 Å². The number of carboxylic acids is 1. The van der Waals surface area contributed by atoms with Crippen LogP contribution < -0.4 is 4.74 Å². The van der Waals surface area contributed by atoms with E-state index in [0.29, 0.717) is 6.04 Å². The summed E-state index contributed by atoms with van der Waals surface area (Å²) in [5.41, 5.74) is 1.29. The second kappa shape index (κ2) is 7.46. The van der Waals surface area contributed by atoms with Crippen molar-refractivity contribution in [3.05, 3.63) is 29.8 Å². The lowest BCUT2D eigenvalue weighted by atomic mass is 9.91. The fourth-order valence-electron chi connectivity index (χ4n) is 3.32. The molecule has 1 aromatic rings. The molecule has 0 radical (unpaired) electrons. The standard InChI is InChI=1S/C17H25NO3/c1-3-16(14-6-8-15(21-2)9-7-14)18-10-4-5-13(12-18)11-17(19)20/h6-9,13,16H,3-5,10-12H2,1-2H3,(H,19,20). The number of rotatable bonds is 6. The van der Waals surface area contributed by atoms with Crippen LogP contribution >= 0.6 is 0 Å². The maximum absolute atomic E-state index is 10.9. The molecule has 1 aromatic carbocycles. The summed E-state index contributed by atoms with van der Waals surface area (Å²) in [5, 5.41) is 8.99. The van der Waals surface area contributed by atoms with E-state index >= 15 is 0 Å². The molecular weight excluding hydrogens is 266 g/mol. The molecule has 0 aliphatic carbocycles. The summed E-state index contributed by atoms with van der Waals surface area (Å²) in [6.45, 7) is 4.13. The Morgan fingerprint density at radius 2 is 2.14 bits per heavy atom. The Kier molecular flexibility index (Phi) is 5.62. The van der Waals surface area contributed by atoms with Gasteiger partial charge in [0.2, 0.25) is 0 Å². The molecule has 1 aliphatic rings. The quantitative estimate of drug-likeness (QED) is 0.873. The van der Waals surface area contributed by atoms with Crippen LogP contribution in [0, 0.1) is 5.92 Å². The van der Waals surface area contributed by atoms with Crippen LogP contribution in [0.4, 0.5) is 0 Å². The van der Waals surface area contributed by atoms with Gasteiger partial charge >= 0.3 is 5.97 Å². The molecule has 4 nitrogen and oxygen atoms in total. The Hall–Kier alpha value is -1.55. The minimum absolute atomic E-state index is 0.281. The number of hydrogen-bond donors (Lipinski definition) is 1. The molecule has 1 fully saturated rings. The molecule has 0 spiro atoms. The maximum atomic E-state index is 10.9. The van der Waals surface area contributed by atoms with Gasteiger partial charge in [0.05, 0.1) is 7.11 Å². The summed E-state index contributed by atoms with van der Waals surface area (Å²) in [4.78, 5) is 13.4. The van der Waals surface area contributed by atoms with Crippen LogP contribution in [0.25, 0.3) is 0 Å². The molecule has 2 atom stereocenters. The summed E-state index contributed by atoms with van der Waals surface area (Å²) >= 11 is 0. The highest BCUT2D eigenvalue weighted by Crippen LogP contribution is 2.31. The number of nitrogens with zero attached hydrogens (tertiary/aromatic N) is 1. The molecule has 1 N–H and O–H groups in total. The van der Waals surface area contributed by atoms with Crippen molar-refractivity contribution in [2.45, 2.75) is 38.6 Å². The second-order valence-corrected chi connectivity index (χ2v) is 5.80. The van der Waals surface area contributed by atoms with Gasteiger partial charge in [-0.05, 0) is 49.4 Å². The molecule has 21 heavy (non-hydrogen) atoms. The highest BCUT2D eigenvalue weighted by Gasteiger charge is 2.27. The van der Waals surface area contributed by atoms with E-state index in [4.69, 9.17) is 9.84 Å². The summed E-state index contributed by atoms with van der Waals surface area (Å²) in [7, 11) is 1.67. The van der Waals surface area contributed by atoms with E-state index in [-0.39, 0.29) is 12.3 Å². The van der Waals surface area contributed by atoms with Crippen molar-refractivity contribution in [3.63, 3.8) is 0 Å². The molecule has 0 aromatic heterocycles. The molecule has 0 bridgehead atoms. The van der Waals surface area contributed by atoms with E-state index in [2.05, 4.69) is 24.0 Å². The van der Waals surface area contributed by atoms with Gasteiger partial charge in [0, 0.05) is 19.0 Å². The van der Waals surface area contributed by atoms with Crippen molar-refractivity contribution in [2.75, 3.05) is 20.2 Å². The SMILES string of the molecule is CCC(c1ccc(OC)cc1)N1CCCC(CC(=O)O)C1. The fourth-order valence-corrected chi connectivity index (χ4v) is 3.32. The molecular formula is C17H25NO3. The maximum Gasteiger partial charge on any atom is 0.303 e. The first-order valence-electron chi connectivity index (χ1n) is 7.73. The van der Waals surface area contributed by atoms with Gasteiger partial charge in [-0.1, -0.05) is 19.1 Å². The third-order valence-corrected chi connectivity index (χ3v) is 4.34. The monoisotopic (exact) mass is 291 g/mol. The number of likely N-dealkylation sites (tertiary alicyclic amines) is 1. The number of benzene rings is 1. The number of ether oxygens (including phenoxy) is 1. The number of aliphatic carboxylic acids is 1. The van der Waals surface area contributed by atoms with Gasteiger partial charge < -0.3 is 9.84 Å². The van der Waals surface area contributed by atoms with Gasteiger partial charge in [-0.2, -0.15) is 0 Å². The molecule has 4 heteroatoms. The van der Waals surface area contributed by atoms with Crippen LogP contribution in [0.15, 0.2) is 24.3 Å². The van der Waals surface area contributed by atoms with Crippen molar-refractivity contribution in [1.29, 1.82) is 0 Å². The molecule has 0 amide bonds. The summed E-state index contributed by atoms with van der Waals surface area (Å²) in [6.07, 6.45) is 3.44. The molecule has 116 valence electrons. The molecule has 0 saturated carbocycles. The van der Waals surface area contributed by atoms with Gasteiger partial charge in [-0.3, -0.25) is 9.69 Å². The van der Waals surface area contributed by atoms with Crippen LogP contribution in [0.3, 0.4) is 0 Å². The van der Waals surface area contributed by atoms with Crippen LogP contribution in [0.2, 0.25) is 0 Å². The van der Waals surface area contributed by atoms with Crippen molar-refractivity contribution in [2.24, 2.45) is 5.92 Å². The molecule has 1 heterocycles. The van der Waals surface area contributed by atoms with Gasteiger partial charge in [-0.15, -0.1) is 0 Å². The first-order chi connectivity index (χ1) is 10.1. The second-order valence-electron chi connectivity index (χ2n) is 5.80. The number of carboxylic acid groups (broad SMARTS) is 1. The predicted octanol–water partition coefficient (Wildman–Crippen LogP) is 3.33. The zero-order chi connectivity index (χ0) is 15.2. The zero-order valence-corrected chi connectivity index (χ0v) is 12.9. The number of carbonyl (C=O) groups is 1. The lowest BCUT2D eigenvalue weighted by Gasteiger charge is -2.38. The van der Waals surface area contributed by atoms with E-state index in [1.165, 1.54) is 5.56 Å². The first kappa shape index (κ1) is 15.8. The zero-order valence-electron chi connectivity index (χ0n) is 12.9. The van der Waals surface area contributed by atoms with Gasteiger partial charge in [-0.25, -0.2) is 0 Å². The Balaban J connectivity index is 2.06. The van der Waals surface area contributed by atoms with E-state index in [0.717, 1.165) is 38.1 Å². The highest BCUT2D eigenvalue weighted by atomic mass is 16.5. The van der Waals surface area contributed by atoms with Crippen molar-refractivity contribution in [3.8, 4) is 5.75 Å². The summed E-state index contributed by atoms with van der Waals surface area (Å²) in [5.74, 6) is 0.471. The smallest absolute Gasteiger partial charge is 0.303 e. The van der Waals surface area contributed by atoms with E-state index < -0.39 is 5.97 Å².